The molecule has 0 bridgehead atoms. The Morgan fingerprint density at radius 3 is 2.58 bits per heavy atom. The molecule has 0 spiro atoms. The van der Waals surface area contributed by atoms with Gasteiger partial charge in [-0.05, 0) is 18.2 Å². The lowest BCUT2D eigenvalue weighted by Gasteiger charge is -2.39. The standard InChI is InChI=1S/C22H17ClF2N4O7/c1-36-15-4-2-3-12(24)17(15)16-11(23)7-10-19(18(16)25)26-8-13(29(34)35)20(10)28-6-5-27(22(32)33)9-14(28)21(30)31/h2-4,7-8,14H,5-6,9H2,1H3,(H,30,31)(H,32,33)/t14-/m1/s1. The molecule has 1 amide bonds. The van der Waals surface area contributed by atoms with Gasteiger partial charge in [-0.3, -0.25) is 10.1 Å². The number of rotatable bonds is 5. The van der Waals surface area contributed by atoms with Gasteiger partial charge in [0.15, 0.2) is 5.82 Å². The first-order valence-electron chi connectivity index (χ1n) is 10.3. The number of carbonyl (C=O) groups is 2. The van der Waals surface area contributed by atoms with Crippen LogP contribution in [-0.4, -0.2) is 69.9 Å². The molecule has 0 radical (unpaired) electrons. The van der Waals surface area contributed by atoms with Crippen molar-refractivity contribution >= 4 is 45.9 Å². The monoisotopic (exact) mass is 522 g/mol. The predicted molar refractivity (Wildman–Crippen MR) is 124 cm³/mol. The number of carboxylic acid groups (broad SMARTS) is 2. The average molecular weight is 523 g/mol. The lowest BCUT2D eigenvalue weighted by atomic mass is 9.99. The molecule has 1 aromatic heterocycles. The van der Waals surface area contributed by atoms with E-state index in [1.807, 2.05) is 0 Å². The van der Waals surface area contributed by atoms with E-state index in [0.29, 0.717) is 0 Å². The van der Waals surface area contributed by atoms with Gasteiger partial charge in [-0.25, -0.2) is 23.4 Å². The average Bonchev–Trinajstić information content (AvgIpc) is 2.83. The lowest BCUT2D eigenvalue weighted by Crippen LogP contribution is -2.58. The van der Waals surface area contributed by atoms with Gasteiger partial charge in [-0.1, -0.05) is 17.7 Å². The summed E-state index contributed by atoms with van der Waals surface area (Å²) < 4.78 is 35.7. The number of ether oxygens (including phenoxy) is 1. The highest BCUT2D eigenvalue weighted by Gasteiger charge is 2.39. The Bertz CT molecular complexity index is 1420. The summed E-state index contributed by atoms with van der Waals surface area (Å²) >= 11 is 6.37. The van der Waals surface area contributed by atoms with Gasteiger partial charge in [0.25, 0.3) is 0 Å². The Labute approximate surface area is 206 Å². The second-order valence-electron chi connectivity index (χ2n) is 7.79. The summed E-state index contributed by atoms with van der Waals surface area (Å²) in [4.78, 5) is 40.2. The maximum atomic E-state index is 15.9. The number of aliphatic carboxylic acids is 1. The largest absolute Gasteiger partial charge is 0.496 e. The Kier molecular flexibility index (Phi) is 6.50. The van der Waals surface area contributed by atoms with Crippen LogP contribution in [0, 0.1) is 21.7 Å². The van der Waals surface area contributed by atoms with E-state index in [1.165, 1.54) is 19.2 Å². The molecule has 2 aromatic carbocycles. The Hall–Kier alpha value is -4.26. The minimum atomic E-state index is -1.52. The van der Waals surface area contributed by atoms with Gasteiger partial charge >= 0.3 is 17.7 Å². The van der Waals surface area contributed by atoms with Gasteiger partial charge in [-0.2, -0.15) is 0 Å². The first-order valence-corrected chi connectivity index (χ1v) is 10.7. The van der Waals surface area contributed by atoms with Crippen molar-refractivity contribution in [2.75, 3.05) is 31.6 Å². The fourth-order valence-electron chi connectivity index (χ4n) is 4.26. The minimum absolute atomic E-state index is 0.0204. The molecule has 36 heavy (non-hydrogen) atoms. The summed E-state index contributed by atoms with van der Waals surface area (Å²) in [6.45, 7) is -0.904. The molecule has 3 aromatic rings. The van der Waals surface area contributed by atoms with Gasteiger partial charge in [-0.15, -0.1) is 0 Å². The highest BCUT2D eigenvalue weighted by atomic mass is 35.5. The van der Waals surface area contributed by atoms with Crippen molar-refractivity contribution in [3.8, 4) is 16.9 Å². The van der Waals surface area contributed by atoms with Gasteiger partial charge in [0.05, 0.1) is 29.2 Å². The number of anilines is 1. The third-order valence-electron chi connectivity index (χ3n) is 5.87. The summed E-state index contributed by atoms with van der Waals surface area (Å²) in [7, 11) is 1.26. The second kappa shape index (κ2) is 9.41. The third kappa shape index (κ3) is 4.06. The number of halogens is 3. The molecule has 1 saturated heterocycles. The molecular weight excluding hydrogens is 506 g/mol. The van der Waals surface area contributed by atoms with Crippen molar-refractivity contribution in [1.82, 2.24) is 9.88 Å². The van der Waals surface area contributed by atoms with Crippen LogP contribution in [0.5, 0.6) is 5.75 Å². The molecule has 0 aliphatic carbocycles. The number of amides is 1. The topological polar surface area (TPSA) is 146 Å². The minimum Gasteiger partial charge on any atom is -0.496 e. The van der Waals surface area contributed by atoms with Gasteiger partial charge in [0.1, 0.15) is 35.0 Å². The fraction of sp³-hybridized carbons (Fsp3) is 0.227. The molecule has 1 aliphatic rings. The number of carboxylic acids is 1. The molecule has 1 atom stereocenters. The van der Waals surface area contributed by atoms with Crippen LogP contribution in [0.4, 0.5) is 25.0 Å². The Morgan fingerprint density at radius 1 is 1.25 bits per heavy atom. The van der Waals surface area contributed by atoms with Crippen molar-refractivity contribution in [1.29, 1.82) is 0 Å². The predicted octanol–water partition coefficient (Wildman–Crippen LogP) is 4.00. The highest BCUT2D eigenvalue weighted by Crippen LogP contribution is 2.45. The second-order valence-corrected chi connectivity index (χ2v) is 8.19. The van der Waals surface area contributed by atoms with Crippen LogP contribution in [0.2, 0.25) is 5.02 Å². The third-order valence-corrected chi connectivity index (χ3v) is 6.17. The zero-order valence-corrected chi connectivity index (χ0v) is 19.2. The SMILES string of the molecule is COc1cccc(F)c1-c1c(Cl)cc2c(N3CCN(C(=O)O)C[C@@H]3C(=O)O)c([N+](=O)[O-])cnc2c1F. The van der Waals surface area contributed by atoms with E-state index in [4.69, 9.17) is 16.3 Å². The normalized spacial score (nSPS) is 15.7. The summed E-state index contributed by atoms with van der Waals surface area (Å²) in [5.41, 5.74) is -2.04. The zero-order valence-electron chi connectivity index (χ0n) is 18.4. The number of benzene rings is 2. The van der Waals surface area contributed by atoms with Crippen LogP contribution < -0.4 is 9.64 Å². The summed E-state index contributed by atoms with van der Waals surface area (Å²) in [5.74, 6) is -3.41. The first kappa shape index (κ1) is 24.9. The molecule has 2 N–H and O–H groups in total. The quantitative estimate of drug-likeness (QED) is 0.375. The molecule has 188 valence electrons. The molecule has 0 saturated carbocycles. The van der Waals surface area contributed by atoms with Crippen molar-refractivity contribution < 1.29 is 38.2 Å². The van der Waals surface area contributed by atoms with Crippen LogP contribution in [-0.2, 0) is 4.79 Å². The molecule has 2 heterocycles. The van der Waals surface area contributed by atoms with E-state index in [9.17, 15) is 34.3 Å². The van der Waals surface area contributed by atoms with Gasteiger partial charge < -0.3 is 24.7 Å². The number of methoxy groups -OCH3 is 1. The zero-order chi connectivity index (χ0) is 26.3. The van der Waals surface area contributed by atoms with E-state index in [1.54, 1.807) is 0 Å². The van der Waals surface area contributed by atoms with Crippen molar-refractivity contribution in [3.63, 3.8) is 0 Å². The molecule has 11 nitrogen and oxygen atoms in total. The van der Waals surface area contributed by atoms with Crippen LogP contribution in [0.15, 0.2) is 30.5 Å². The van der Waals surface area contributed by atoms with Crippen LogP contribution in [0.1, 0.15) is 0 Å². The summed E-state index contributed by atoms with van der Waals surface area (Å²) in [6, 6.07) is 3.44. The number of hydrogen-bond donors (Lipinski definition) is 2. The first-order chi connectivity index (χ1) is 17.1. The van der Waals surface area contributed by atoms with Crippen molar-refractivity contribution in [2.45, 2.75) is 6.04 Å². The molecule has 4 rings (SSSR count). The maximum Gasteiger partial charge on any atom is 0.407 e. The van der Waals surface area contributed by atoms with E-state index in [0.717, 1.165) is 28.1 Å². The van der Waals surface area contributed by atoms with Crippen molar-refractivity contribution in [3.05, 3.63) is 57.2 Å². The molecule has 0 unspecified atom stereocenters. The van der Waals surface area contributed by atoms with Crippen LogP contribution >= 0.6 is 11.6 Å². The highest BCUT2D eigenvalue weighted by molar-refractivity contribution is 6.34. The van der Waals surface area contributed by atoms with Crippen LogP contribution in [0.25, 0.3) is 22.0 Å². The molecule has 1 fully saturated rings. The van der Waals surface area contributed by atoms with Crippen LogP contribution in [0.3, 0.4) is 0 Å². The smallest absolute Gasteiger partial charge is 0.407 e. The number of fused-ring (bicyclic) bond motifs is 1. The van der Waals surface area contributed by atoms with E-state index in [-0.39, 0.29) is 40.5 Å². The fourth-order valence-corrected chi connectivity index (χ4v) is 4.54. The van der Waals surface area contributed by atoms with Gasteiger partial charge in [0.2, 0.25) is 0 Å². The number of nitrogens with zero attached hydrogens (tertiary/aromatic N) is 4. The van der Waals surface area contributed by atoms with E-state index < -0.39 is 58.0 Å². The van der Waals surface area contributed by atoms with Crippen molar-refractivity contribution in [2.24, 2.45) is 0 Å². The van der Waals surface area contributed by atoms with Gasteiger partial charge in [0, 0.05) is 24.0 Å². The number of nitro groups is 1. The number of piperazine rings is 1. The van der Waals surface area contributed by atoms with E-state index in [2.05, 4.69) is 4.98 Å². The Balaban J connectivity index is 2.01. The van der Waals surface area contributed by atoms with E-state index >= 15 is 4.39 Å². The maximum absolute atomic E-state index is 15.9. The Morgan fingerprint density at radius 2 is 1.97 bits per heavy atom. The molecular formula is C22H17ClF2N4O7. The molecule has 14 heteroatoms. The number of hydrogen-bond acceptors (Lipinski definition) is 7. The number of aromatic nitrogens is 1. The summed E-state index contributed by atoms with van der Waals surface area (Å²) in [6.07, 6.45) is -0.591. The lowest BCUT2D eigenvalue weighted by molar-refractivity contribution is -0.384. The summed E-state index contributed by atoms with van der Waals surface area (Å²) in [5, 5.41) is 30.3. The number of pyridine rings is 1. The molecule has 1 aliphatic heterocycles.